The van der Waals surface area contributed by atoms with Crippen molar-refractivity contribution in [3.05, 3.63) is 237 Å². The third-order valence-electron chi connectivity index (χ3n) is 12.7. The minimum absolute atomic E-state index is 0.836. The molecule has 0 atom stereocenters. The highest BCUT2D eigenvalue weighted by Crippen LogP contribution is 2.49. The van der Waals surface area contributed by atoms with Gasteiger partial charge in [-0.25, -0.2) is 0 Å². The Morgan fingerprint density at radius 2 is 0.769 bits per heavy atom. The third-order valence-corrected chi connectivity index (χ3v) is 12.7. The predicted octanol–water partition coefficient (Wildman–Crippen LogP) is 17.2. The fourth-order valence-corrected chi connectivity index (χ4v) is 9.81. The molecule has 0 bridgehead atoms. The number of nitrogens with zero attached hydrogens (tertiary/aromatic N) is 3. The van der Waals surface area contributed by atoms with Crippen molar-refractivity contribution in [3.8, 4) is 16.8 Å². The Bertz CT molecular complexity index is 3890. The van der Waals surface area contributed by atoms with Crippen molar-refractivity contribution in [2.24, 2.45) is 0 Å². The Morgan fingerprint density at radius 1 is 0.292 bits per heavy atom. The van der Waals surface area contributed by atoms with Gasteiger partial charge in [-0.3, -0.25) is 0 Å². The Labute approximate surface area is 374 Å². The number of anilines is 6. The summed E-state index contributed by atoms with van der Waals surface area (Å²) in [4.78, 5) is 4.74. The molecule has 13 rings (SSSR count). The number of rotatable bonds is 8. The van der Waals surface area contributed by atoms with Crippen LogP contribution >= 0.6 is 0 Å². The first-order valence-electron chi connectivity index (χ1n) is 22.0. The van der Waals surface area contributed by atoms with Crippen molar-refractivity contribution in [1.29, 1.82) is 0 Å². The lowest BCUT2D eigenvalue weighted by atomic mass is 10.0. The molecular formula is C60H39N3O2. The van der Waals surface area contributed by atoms with E-state index in [-0.39, 0.29) is 0 Å². The van der Waals surface area contributed by atoms with E-state index in [0.717, 1.165) is 105 Å². The van der Waals surface area contributed by atoms with Gasteiger partial charge >= 0.3 is 0 Å². The molecule has 0 aliphatic rings. The summed E-state index contributed by atoms with van der Waals surface area (Å²) in [6.07, 6.45) is 0. The Hall–Kier alpha value is -8.80. The van der Waals surface area contributed by atoms with E-state index < -0.39 is 0 Å². The van der Waals surface area contributed by atoms with Crippen LogP contribution in [-0.4, -0.2) is 4.57 Å². The second kappa shape index (κ2) is 14.9. The number of aromatic nitrogens is 1. The zero-order valence-corrected chi connectivity index (χ0v) is 35.2. The van der Waals surface area contributed by atoms with E-state index in [1.165, 1.54) is 11.1 Å². The van der Waals surface area contributed by atoms with Crippen molar-refractivity contribution in [2.75, 3.05) is 9.80 Å². The maximum atomic E-state index is 6.56. The molecular weight excluding hydrogens is 795 g/mol. The van der Waals surface area contributed by atoms with Crippen LogP contribution < -0.4 is 9.80 Å². The van der Waals surface area contributed by atoms with Crippen molar-refractivity contribution >= 4 is 99.8 Å². The molecule has 13 aromatic rings. The molecule has 0 aliphatic heterocycles. The molecule has 0 spiro atoms. The van der Waals surface area contributed by atoms with E-state index in [1.54, 1.807) is 0 Å². The summed E-state index contributed by atoms with van der Waals surface area (Å²) in [5.41, 5.74) is 15.1. The van der Waals surface area contributed by atoms with Gasteiger partial charge in [-0.05, 0) is 102 Å². The normalized spacial score (nSPS) is 11.7. The van der Waals surface area contributed by atoms with Crippen molar-refractivity contribution in [1.82, 2.24) is 4.57 Å². The zero-order valence-electron chi connectivity index (χ0n) is 35.2. The molecule has 3 aromatic heterocycles. The highest BCUT2D eigenvalue weighted by Gasteiger charge is 2.26. The monoisotopic (exact) mass is 833 g/mol. The number of benzene rings is 10. The van der Waals surface area contributed by atoms with Crippen LogP contribution in [-0.2, 0) is 0 Å². The lowest BCUT2D eigenvalue weighted by Gasteiger charge is -2.30. The fraction of sp³-hybridized carbons (Fsp3) is 0. The Kier molecular flexibility index (Phi) is 8.46. The molecule has 0 fully saturated rings. The Morgan fingerprint density at radius 3 is 1.38 bits per heavy atom. The Balaban J connectivity index is 1.12. The number of furan rings is 2. The van der Waals surface area contributed by atoms with E-state index >= 15 is 0 Å². The van der Waals surface area contributed by atoms with Crippen LogP contribution in [0.15, 0.2) is 245 Å². The molecule has 5 heteroatoms. The number of para-hydroxylation sites is 5. The van der Waals surface area contributed by atoms with E-state index in [4.69, 9.17) is 8.83 Å². The standard InChI is InChI=1S/C60H39N3O2/c1-4-16-40(17-5-1)41-28-30-44(31-29-41)63-53-25-13-10-24-52(53)60-54(62(43-20-8-3-9-21-43)46-33-35-51-49-23-12-15-27-57(49)65-59(51)39-46)36-47(37-55(60)63)61(42-18-6-2-7-19-42)45-32-34-50-48-22-11-14-26-56(48)64-58(50)38-45/h1-39H. The lowest BCUT2D eigenvalue weighted by molar-refractivity contribution is 0.668. The minimum atomic E-state index is 0.836. The summed E-state index contributed by atoms with van der Waals surface area (Å²) in [7, 11) is 0. The summed E-state index contributed by atoms with van der Waals surface area (Å²) >= 11 is 0. The van der Waals surface area contributed by atoms with Gasteiger partial charge in [-0.1, -0.05) is 133 Å². The summed E-state index contributed by atoms with van der Waals surface area (Å²) < 4.78 is 15.5. The topological polar surface area (TPSA) is 37.7 Å². The second-order valence-electron chi connectivity index (χ2n) is 16.5. The highest BCUT2D eigenvalue weighted by molar-refractivity contribution is 6.18. The van der Waals surface area contributed by atoms with E-state index in [0.29, 0.717) is 0 Å². The third kappa shape index (κ3) is 6.09. The maximum absolute atomic E-state index is 6.56. The molecule has 0 aliphatic carbocycles. The molecule has 5 nitrogen and oxygen atoms in total. The molecule has 10 aromatic carbocycles. The molecule has 3 heterocycles. The average Bonchev–Trinajstić information content (AvgIpc) is 4.04. The molecule has 0 saturated heterocycles. The van der Waals surface area contributed by atoms with Crippen LogP contribution in [0.5, 0.6) is 0 Å². The van der Waals surface area contributed by atoms with Gasteiger partial charge in [-0.15, -0.1) is 0 Å². The molecule has 306 valence electrons. The van der Waals surface area contributed by atoms with Gasteiger partial charge in [0.15, 0.2) is 0 Å². The van der Waals surface area contributed by atoms with E-state index in [2.05, 4.69) is 227 Å². The van der Waals surface area contributed by atoms with Gasteiger partial charge in [0.25, 0.3) is 0 Å². The summed E-state index contributed by atoms with van der Waals surface area (Å²) in [6, 6.07) is 84.0. The number of hydrogen-bond acceptors (Lipinski definition) is 4. The van der Waals surface area contributed by atoms with Crippen LogP contribution in [0, 0.1) is 0 Å². The van der Waals surface area contributed by atoms with Crippen LogP contribution in [0.4, 0.5) is 34.1 Å². The lowest BCUT2D eigenvalue weighted by Crippen LogP contribution is -2.14. The minimum Gasteiger partial charge on any atom is -0.456 e. The summed E-state index contributed by atoms with van der Waals surface area (Å²) in [5, 5.41) is 6.66. The fourth-order valence-electron chi connectivity index (χ4n) is 9.81. The molecule has 0 amide bonds. The number of fused-ring (bicyclic) bond motifs is 9. The molecule has 0 unspecified atom stereocenters. The first kappa shape index (κ1) is 36.8. The van der Waals surface area contributed by atoms with Gasteiger partial charge in [0, 0.05) is 72.9 Å². The molecule has 0 N–H and O–H groups in total. The molecule has 0 radical (unpaired) electrons. The van der Waals surface area contributed by atoms with Gasteiger partial charge < -0.3 is 23.2 Å². The largest absolute Gasteiger partial charge is 0.456 e. The van der Waals surface area contributed by atoms with Gasteiger partial charge in [0.1, 0.15) is 22.3 Å². The van der Waals surface area contributed by atoms with Crippen LogP contribution in [0.2, 0.25) is 0 Å². The first-order valence-corrected chi connectivity index (χ1v) is 22.0. The van der Waals surface area contributed by atoms with Crippen LogP contribution in [0.25, 0.3) is 82.5 Å². The summed E-state index contributed by atoms with van der Waals surface area (Å²) in [6.45, 7) is 0. The highest BCUT2D eigenvalue weighted by atomic mass is 16.3. The van der Waals surface area contributed by atoms with Crippen molar-refractivity contribution < 1.29 is 8.83 Å². The van der Waals surface area contributed by atoms with E-state index in [9.17, 15) is 0 Å². The van der Waals surface area contributed by atoms with Crippen LogP contribution in [0.1, 0.15) is 0 Å². The number of hydrogen-bond donors (Lipinski definition) is 0. The summed E-state index contributed by atoms with van der Waals surface area (Å²) in [5.74, 6) is 0. The SMILES string of the molecule is c1ccc(-c2ccc(-n3c4ccccc4c4c(N(c5ccccc5)c5ccc6c(c5)oc5ccccc56)cc(N(c5ccccc5)c5ccc6c(c5)oc5ccccc56)cc43)cc2)cc1. The quantitative estimate of drug-likeness (QED) is 0.153. The molecule has 65 heavy (non-hydrogen) atoms. The maximum Gasteiger partial charge on any atom is 0.137 e. The molecule has 0 saturated carbocycles. The van der Waals surface area contributed by atoms with Crippen molar-refractivity contribution in [2.45, 2.75) is 0 Å². The zero-order chi connectivity index (χ0) is 42.8. The second-order valence-corrected chi connectivity index (χ2v) is 16.5. The van der Waals surface area contributed by atoms with Gasteiger partial charge in [0.05, 0.1) is 22.4 Å². The van der Waals surface area contributed by atoms with E-state index in [1.807, 2.05) is 24.3 Å². The van der Waals surface area contributed by atoms with Gasteiger partial charge in [0.2, 0.25) is 0 Å². The first-order chi connectivity index (χ1) is 32.2. The van der Waals surface area contributed by atoms with Crippen molar-refractivity contribution in [3.63, 3.8) is 0 Å². The average molecular weight is 834 g/mol. The predicted molar refractivity (Wildman–Crippen MR) is 270 cm³/mol. The smallest absolute Gasteiger partial charge is 0.137 e. The van der Waals surface area contributed by atoms with Crippen LogP contribution in [0.3, 0.4) is 0 Å². The van der Waals surface area contributed by atoms with Gasteiger partial charge in [-0.2, -0.15) is 0 Å².